The fraction of sp³-hybridized carbons (Fsp3) is 1.00. The van der Waals surface area contributed by atoms with E-state index >= 15 is 0 Å². The number of primary sulfonamides is 1. The molecule has 6 nitrogen and oxygen atoms in total. The Morgan fingerprint density at radius 1 is 1.05 bits per heavy atom. The molecule has 0 spiro atoms. The Kier molecular flexibility index (Phi) is 10.4. The van der Waals surface area contributed by atoms with Gasteiger partial charge in [0.2, 0.25) is 10.0 Å². The lowest BCUT2D eigenvalue weighted by Gasteiger charge is -2.19. The number of ether oxygens (including phenoxy) is 3. The summed E-state index contributed by atoms with van der Waals surface area (Å²) in [4.78, 5) is 0. The molecule has 0 aliphatic heterocycles. The molecular formula is C12H27NO5S. The van der Waals surface area contributed by atoms with E-state index in [2.05, 4.69) is 0 Å². The van der Waals surface area contributed by atoms with Crippen LogP contribution in [0.15, 0.2) is 0 Å². The van der Waals surface area contributed by atoms with Crippen molar-refractivity contribution in [2.75, 3.05) is 45.9 Å². The average Bonchev–Trinajstić information content (AvgIpc) is 2.29. The van der Waals surface area contributed by atoms with Crippen LogP contribution in [0.4, 0.5) is 0 Å². The van der Waals surface area contributed by atoms with Crippen molar-refractivity contribution in [3.63, 3.8) is 0 Å². The van der Waals surface area contributed by atoms with E-state index in [9.17, 15) is 8.42 Å². The van der Waals surface area contributed by atoms with Crippen LogP contribution in [0.5, 0.6) is 0 Å². The SMILES string of the molecule is COCCOCCCOCC(CS(N)(=O)=O)C(C)C. The molecule has 0 rings (SSSR count). The molecule has 2 N–H and O–H groups in total. The molecule has 1 atom stereocenters. The van der Waals surface area contributed by atoms with Crippen molar-refractivity contribution in [2.24, 2.45) is 17.0 Å². The van der Waals surface area contributed by atoms with Crippen LogP contribution in [0, 0.1) is 11.8 Å². The zero-order valence-corrected chi connectivity index (χ0v) is 12.9. The first-order valence-electron chi connectivity index (χ1n) is 6.51. The minimum atomic E-state index is -3.44. The Balaban J connectivity index is 3.65. The highest BCUT2D eigenvalue weighted by Gasteiger charge is 2.19. The molecule has 0 aromatic heterocycles. The van der Waals surface area contributed by atoms with Gasteiger partial charge in [-0.05, 0) is 18.3 Å². The van der Waals surface area contributed by atoms with Crippen molar-refractivity contribution < 1.29 is 22.6 Å². The second-order valence-corrected chi connectivity index (χ2v) is 6.53. The second kappa shape index (κ2) is 10.6. The third-order valence-corrected chi connectivity index (χ3v) is 3.62. The highest BCUT2D eigenvalue weighted by atomic mass is 32.2. The molecule has 0 aliphatic carbocycles. The summed E-state index contributed by atoms with van der Waals surface area (Å²) in [6.45, 7) is 6.68. The fourth-order valence-corrected chi connectivity index (χ4v) is 2.55. The van der Waals surface area contributed by atoms with Crippen molar-refractivity contribution in [3.8, 4) is 0 Å². The maximum Gasteiger partial charge on any atom is 0.209 e. The molecule has 7 heteroatoms. The maximum atomic E-state index is 11.1. The molecule has 0 heterocycles. The van der Waals surface area contributed by atoms with E-state index in [0.29, 0.717) is 33.0 Å². The Morgan fingerprint density at radius 2 is 1.68 bits per heavy atom. The largest absolute Gasteiger partial charge is 0.382 e. The summed E-state index contributed by atoms with van der Waals surface area (Å²) in [5, 5.41) is 5.06. The number of nitrogens with two attached hydrogens (primary N) is 1. The monoisotopic (exact) mass is 297 g/mol. The lowest BCUT2D eigenvalue weighted by atomic mass is 9.99. The fourth-order valence-electron chi connectivity index (χ4n) is 1.47. The van der Waals surface area contributed by atoms with Gasteiger partial charge in [-0.1, -0.05) is 13.8 Å². The van der Waals surface area contributed by atoms with Crippen LogP contribution in [0.25, 0.3) is 0 Å². The normalized spacial score (nSPS) is 13.9. The summed E-state index contributed by atoms with van der Waals surface area (Å²) in [5.74, 6) is 0.121. The van der Waals surface area contributed by atoms with Crippen molar-refractivity contribution in [1.82, 2.24) is 0 Å². The number of hydrogen-bond donors (Lipinski definition) is 1. The zero-order chi connectivity index (χ0) is 14.7. The van der Waals surface area contributed by atoms with E-state index in [1.54, 1.807) is 7.11 Å². The van der Waals surface area contributed by atoms with Crippen LogP contribution in [-0.2, 0) is 24.2 Å². The highest BCUT2D eigenvalue weighted by Crippen LogP contribution is 2.13. The van der Waals surface area contributed by atoms with Crippen LogP contribution in [-0.4, -0.2) is 54.3 Å². The van der Waals surface area contributed by atoms with E-state index in [1.807, 2.05) is 13.8 Å². The molecule has 0 aromatic carbocycles. The molecule has 0 aromatic rings. The Morgan fingerprint density at radius 3 is 2.21 bits per heavy atom. The summed E-state index contributed by atoms with van der Waals surface area (Å²) < 4.78 is 37.8. The maximum absolute atomic E-state index is 11.1. The van der Waals surface area contributed by atoms with E-state index < -0.39 is 10.0 Å². The summed E-state index contributed by atoms with van der Waals surface area (Å²) in [6.07, 6.45) is 0.782. The van der Waals surface area contributed by atoms with Gasteiger partial charge in [-0.25, -0.2) is 13.6 Å². The first kappa shape index (κ1) is 18.8. The number of rotatable bonds is 12. The van der Waals surface area contributed by atoms with Gasteiger partial charge in [0, 0.05) is 20.3 Å². The summed E-state index contributed by atoms with van der Waals surface area (Å²) in [5.41, 5.74) is 0. The van der Waals surface area contributed by atoms with Crippen LogP contribution < -0.4 is 5.14 Å². The van der Waals surface area contributed by atoms with Crippen molar-refractivity contribution in [3.05, 3.63) is 0 Å². The summed E-state index contributed by atoms with van der Waals surface area (Å²) in [6, 6.07) is 0. The van der Waals surface area contributed by atoms with Gasteiger partial charge in [0.05, 0.1) is 25.6 Å². The van der Waals surface area contributed by atoms with Gasteiger partial charge in [0.1, 0.15) is 0 Å². The van der Waals surface area contributed by atoms with Crippen LogP contribution in [0.1, 0.15) is 20.3 Å². The standard InChI is InChI=1S/C12H27NO5S/c1-11(2)12(10-19(13,14)15)9-18-6-4-5-17-8-7-16-3/h11-12H,4-10H2,1-3H3,(H2,13,14,15). The molecular weight excluding hydrogens is 270 g/mol. The van der Waals surface area contributed by atoms with Gasteiger partial charge in [-0.3, -0.25) is 0 Å². The Hall–Kier alpha value is -0.210. The molecule has 0 saturated heterocycles. The minimum Gasteiger partial charge on any atom is -0.382 e. The first-order valence-corrected chi connectivity index (χ1v) is 8.23. The van der Waals surface area contributed by atoms with Crippen LogP contribution in [0.2, 0.25) is 0 Å². The molecule has 0 saturated carbocycles. The van der Waals surface area contributed by atoms with Crippen LogP contribution >= 0.6 is 0 Å². The second-order valence-electron chi connectivity index (χ2n) is 4.87. The third-order valence-electron chi connectivity index (χ3n) is 2.73. The molecule has 0 amide bonds. The third kappa shape index (κ3) is 12.6. The molecule has 1 unspecified atom stereocenters. The first-order chi connectivity index (χ1) is 8.87. The summed E-state index contributed by atoms with van der Waals surface area (Å²) in [7, 11) is -1.82. The molecule has 116 valence electrons. The predicted molar refractivity (Wildman–Crippen MR) is 74.4 cm³/mol. The zero-order valence-electron chi connectivity index (χ0n) is 12.1. The molecule has 0 aliphatic rings. The molecule has 19 heavy (non-hydrogen) atoms. The van der Waals surface area contributed by atoms with Gasteiger partial charge in [-0.2, -0.15) is 0 Å². The van der Waals surface area contributed by atoms with E-state index in [1.165, 1.54) is 0 Å². The van der Waals surface area contributed by atoms with Gasteiger partial charge in [0.15, 0.2) is 0 Å². The number of methoxy groups -OCH3 is 1. The van der Waals surface area contributed by atoms with Crippen LogP contribution in [0.3, 0.4) is 0 Å². The number of sulfonamides is 1. The lowest BCUT2D eigenvalue weighted by Crippen LogP contribution is -2.29. The van der Waals surface area contributed by atoms with E-state index in [4.69, 9.17) is 19.3 Å². The van der Waals surface area contributed by atoms with Crippen molar-refractivity contribution in [1.29, 1.82) is 0 Å². The molecule has 0 fully saturated rings. The molecule has 0 radical (unpaired) electrons. The van der Waals surface area contributed by atoms with Crippen molar-refractivity contribution in [2.45, 2.75) is 20.3 Å². The van der Waals surface area contributed by atoms with Gasteiger partial charge in [0.25, 0.3) is 0 Å². The predicted octanol–water partition coefficient (Wildman–Crippen LogP) is 0.617. The van der Waals surface area contributed by atoms with Gasteiger partial charge >= 0.3 is 0 Å². The Bertz CT molecular complexity index is 305. The van der Waals surface area contributed by atoms with E-state index in [-0.39, 0.29) is 17.6 Å². The highest BCUT2D eigenvalue weighted by molar-refractivity contribution is 7.89. The average molecular weight is 297 g/mol. The lowest BCUT2D eigenvalue weighted by molar-refractivity contribution is 0.0423. The van der Waals surface area contributed by atoms with Gasteiger partial charge < -0.3 is 14.2 Å². The smallest absolute Gasteiger partial charge is 0.209 e. The van der Waals surface area contributed by atoms with Gasteiger partial charge in [-0.15, -0.1) is 0 Å². The topological polar surface area (TPSA) is 87.8 Å². The Labute approximate surface area is 116 Å². The number of hydrogen-bond acceptors (Lipinski definition) is 5. The molecule has 0 bridgehead atoms. The quantitative estimate of drug-likeness (QED) is 0.533. The van der Waals surface area contributed by atoms with Crippen molar-refractivity contribution >= 4 is 10.0 Å². The van der Waals surface area contributed by atoms with E-state index in [0.717, 1.165) is 6.42 Å². The minimum absolute atomic E-state index is 0.0327. The summed E-state index contributed by atoms with van der Waals surface area (Å²) >= 11 is 0.